The molecule has 3 atom stereocenters. The molecule has 2 fully saturated rings. The maximum atomic E-state index is 12.2. The molecule has 2 saturated heterocycles. The molecule has 2 rings (SSSR count). The number of piperidine rings is 1. The van der Waals surface area contributed by atoms with Crippen LogP contribution in [0.3, 0.4) is 0 Å². The fourth-order valence-corrected chi connectivity index (χ4v) is 3.26. The van der Waals surface area contributed by atoms with Crippen LogP contribution < -0.4 is 10.6 Å². The Morgan fingerprint density at radius 3 is 2.84 bits per heavy atom. The number of carbonyl (C=O) groups is 1. The predicted octanol–water partition coefficient (Wildman–Crippen LogP) is 1.22. The molecule has 0 spiro atoms. The van der Waals surface area contributed by atoms with Crippen LogP contribution in [0.15, 0.2) is 0 Å². The highest BCUT2D eigenvalue weighted by Gasteiger charge is 2.27. The van der Waals surface area contributed by atoms with Gasteiger partial charge in [-0.3, -0.25) is 4.79 Å². The highest BCUT2D eigenvalue weighted by Crippen LogP contribution is 2.19. The van der Waals surface area contributed by atoms with Gasteiger partial charge in [-0.1, -0.05) is 0 Å². The zero-order chi connectivity index (χ0) is 13.8. The highest BCUT2D eigenvalue weighted by molar-refractivity contribution is 5.78. The van der Waals surface area contributed by atoms with Crippen LogP contribution in [0, 0.1) is 11.8 Å². The summed E-state index contributed by atoms with van der Waals surface area (Å²) < 4.78 is 0. The number of hydrogen-bond acceptors (Lipinski definition) is 3. The SMILES string of the molecule is CC1CC(C(=O)NCC2CCN(C(C)C)C2)CCN1. The van der Waals surface area contributed by atoms with Crippen LogP contribution in [0.2, 0.25) is 0 Å². The second-order valence-electron chi connectivity index (χ2n) is 6.57. The summed E-state index contributed by atoms with van der Waals surface area (Å²) in [6, 6.07) is 1.11. The van der Waals surface area contributed by atoms with Gasteiger partial charge in [0.2, 0.25) is 5.91 Å². The fourth-order valence-electron chi connectivity index (χ4n) is 3.26. The van der Waals surface area contributed by atoms with Gasteiger partial charge in [0.05, 0.1) is 0 Å². The van der Waals surface area contributed by atoms with Crippen molar-refractivity contribution < 1.29 is 4.79 Å². The van der Waals surface area contributed by atoms with Crippen molar-refractivity contribution >= 4 is 5.91 Å². The minimum absolute atomic E-state index is 0.221. The van der Waals surface area contributed by atoms with E-state index in [4.69, 9.17) is 0 Å². The zero-order valence-electron chi connectivity index (χ0n) is 12.6. The van der Waals surface area contributed by atoms with Crippen molar-refractivity contribution in [1.82, 2.24) is 15.5 Å². The average molecular weight is 267 g/mol. The van der Waals surface area contributed by atoms with Crippen molar-refractivity contribution in [3.05, 3.63) is 0 Å². The molecule has 0 aromatic carbocycles. The number of rotatable bonds is 4. The average Bonchev–Trinajstić information content (AvgIpc) is 2.85. The summed E-state index contributed by atoms with van der Waals surface area (Å²) in [6.07, 6.45) is 3.19. The molecule has 110 valence electrons. The topological polar surface area (TPSA) is 44.4 Å². The lowest BCUT2D eigenvalue weighted by Gasteiger charge is -2.27. The predicted molar refractivity (Wildman–Crippen MR) is 78.0 cm³/mol. The smallest absolute Gasteiger partial charge is 0.223 e. The molecule has 2 N–H and O–H groups in total. The third kappa shape index (κ3) is 4.18. The Balaban J connectivity index is 1.69. The van der Waals surface area contributed by atoms with Crippen LogP contribution in [0.25, 0.3) is 0 Å². The van der Waals surface area contributed by atoms with E-state index in [1.54, 1.807) is 0 Å². The number of amides is 1. The van der Waals surface area contributed by atoms with E-state index in [1.807, 2.05) is 0 Å². The van der Waals surface area contributed by atoms with Gasteiger partial charge in [0.1, 0.15) is 0 Å². The summed E-state index contributed by atoms with van der Waals surface area (Å²) >= 11 is 0. The quantitative estimate of drug-likeness (QED) is 0.805. The largest absolute Gasteiger partial charge is 0.356 e. The number of hydrogen-bond donors (Lipinski definition) is 2. The first-order valence-corrected chi connectivity index (χ1v) is 7.81. The fraction of sp³-hybridized carbons (Fsp3) is 0.933. The Morgan fingerprint density at radius 1 is 1.42 bits per heavy atom. The molecule has 4 nitrogen and oxygen atoms in total. The molecule has 0 radical (unpaired) electrons. The molecular weight excluding hydrogens is 238 g/mol. The van der Waals surface area contributed by atoms with Crippen LogP contribution in [-0.2, 0) is 4.79 Å². The molecule has 0 aromatic heterocycles. The van der Waals surface area contributed by atoms with E-state index < -0.39 is 0 Å². The van der Waals surface area contributed by atoms with Gasteiger partial charge in [-0.25, -0.2) is 0 Å². The van der Waals surface area contributed by atoms with Crippen LogP contribution in [0.5, 0.6) is 0 Å². The lowest BCUT2D eigenvalue weighted by molar-refractivity contribution is -0.126. The molecule has 1 amide bonds. The van der Waals surface area contributed by atoms with E-state index in [2.05, 4.69) is 36.3 Å². The number of likely N-dealkylation sites (tertiary alicyclic amines) is 1. The zero-order valence-corrected chi connectivity index (χ0v) is 12.6. The van der Waals surface area contributed by atoms with Crippen molar-refractivity contribution in [2.75, 3.05) is 26.2 Å². The number of carbonyl (C=O) groups excluding carboxylic acids is 1. The van der Waals surface area contributed by atoms with Crippen LogP contribution in [-0.4, -0.2) is 49.1 Å². The molecule has 0 bridgehead atoms. The lowest BCUT2D eigenvalue weighted by atomic mass is 9.92. The highest BCUT2D eigenvalue weighted by atomic mass is 16.1. The van der Waals surface area contributed by atoms with E-state index in [1.165, 1.54) is 13.0 Å². The van der Waals surface area contributed by atoms with Gasteiger partial charge in [0.25, 0.3) is 0 Å². The van der Waals surface area contributed by atoms with Gasteiger partial charge in [-0.2, -0.15) is 0 Å². The monoisotopic (exact) mass is 267 g/mol. The van der Waals surface area contributed by atoms with Crippen molar-refractivity contribution in [1.29, 1.82) is 0 Å². The van der Waals surface area contributed by atoms with Crippen LogP contribution >= 0.6 is 0 Å². The second kappa shape index (κ2) is 6.71. The number of nitrogens with one attached hydrogen (secondary N) is 2. The van der Waals surface area contributed by atoms with E-state index in [-0.39, 0.29) is 11.8 Å². The first kappa shape index (κ1) is 14.8. The van der Waals surface area contributed by atoms with Crippen molar-refractivity contribution in [2.45, 2.75) is 52.1 Å². The first-order valence-electron chi connectivity index (χ1n) is 7.81. The second-order valence-corrected chi connectivity index (χ2v) is 6.57. The molecule has 0 saturated carbocycles. The maximum absolute atomic E-state index is 12.2. The Morgan fingerprint density at radius 2 is 2.21 bits per heavy atom. The molecule has 2 heterocycles. The molecule has 0 aliphatic carbocycles. The Bertz CT molecular complexity index is 306. The van der Waals surface area contributed by atoms with Gasteiger partial charge in [-0.15, -0.1) is 0 Å². The summed E-state index contributed by atoms with van der Waals surface area (Å²) in [4.78, 5) is 14.7. The summed E-state index contributed by atoms with van der Waals surface area (Å²) in [5.74, 6) is 1.14. The number of nitrogens with zero attached hydrogens (tertiary/aromatic N) is 1. The van der Waals surface area contributed by atoms with Crippen molar-refractivity contribution in [3.8, 4) is 0 Å². The lowest BCUT2D eigenvalue weighted by Crippen LogP contribution is -2.43. The molecule has 2 aliphatic heterocycles. The van der Waals surface area contributed by atoms with Gasteiger partial charge < -0.3 is 15.5 Å². The van der Waals surface area contributed by atoms with Gasteiger partial charge in [0.15, 0.2) is 0 Å². The van der Waals surface area contributed by atoms with Gasteiger partial charge >= 0.3 is 0 Å². The Hall–Kier alpha value is -0.610. The van der Waals surface area contributed by atoms with Gasteiger partial charge in [-0.05, 0) is 59.0 Å². The molecule has 2 aliphatic rings. The third-order valence-corrected chi connectivity index (χ3v) is 4.61. The minimum atomic E-state index is 0.221. The van der Waals surface area contributed by atoms with E-state index in [0.29, 0.717) is 18.0 Å². The summed E-state index contributed by atoms with van der Waals surface area (Å²) in [7, 11) is 0. The van der Waals surface area contributed by atoms with E-state index in [9.17, 15) is 4.79 Å². The van der Waals surface area contributed by atoms with E-state index >= 15 is 0 Å². The van der Waals surface area contributed by atoms with Gasteiger partial charge in [0, 0.05) is 31.1 Å². The Labute approximate surface area is 117 Å². The standard InChI is InChI=1S/C15H29N3O/c1-11(2)18-7-5-13(10-18)9-17-15(19)14-4-6-16-12(3)8-14/h11-14,16H,4-10H2,1-3H3,(H,17,19). The van der Waals surface area contributed by atoms with E-state index in [0.717, 1.165) is 32.5 Å². The van der Waals surface area contributed by atoms with Crippen molar-refractivity contribution in [2.24, 2.45) is 11.8 Å². The minimum Gasteiger partial charge on any atom is -0.356 e. The van der Waals surface area contributed by atoms with Crippen LogP contribution in [0.4, 0.5) is 0 Å². The first-order chi connectivity index (χ1) is 9.06. The summed E-state index contributed by atoms with van der Waals surface area (Å²) in [5.41, 5.74) is 0. The van der Waals surface area contributed by atoms with Crippen LogP contribution in [0.1, 0.15) is 40.0 Å². The molecule has 0 aromatic rings. The molecule has 4 heteroatoms. The summed E-state index contributed by atoms with van der Waals surface area (Å²) in [6.45, 7) is 10.8. The Kier molecular flexibility index (Phi) is 5.22. The van der Waals surface area contributed by atoms with Crippen molar-refractivity contribution in [3.63, 3.8) is 0 Å². The third-order valence-electron chi connectivity index (χ3n) is 4.61. The molecule has 19 heavy (non-hydrogen) atoms. The normalized spacial score (nSPS) is 32.7. The molecule has 3 unspecified atom stereocenters. The maximum Gasteiger partial charge on any atom is 0.223 e. The molecular formula is C15H29N3O. The summed E-state index contributed by atoms with van der Waals surface area (Å²) in [5, 5.41) is 6.58.